The fourth-order valence-electron chi connectivity index (χ4n) is 1.67. The van der Waals surface area contributed by atoms with Crippen LogP contribution >= 0.6 is 11.3 Å². The molecule has 0 saturated carbocycles. The first kappa shape index (κ1) is 14.3. The molecule has 0 aliphatic heterocycles. The first-order chi connectivity index (χ1) is 9.78. The molecule has 106 valence electrons. The van der Waals surface area contributed by atoms with E-state index < -0.39 is 0 Å². The number of carbonyl (C=O) groups is 1. The third kappa shape index (κ3) is 4.55. The molecule has 0 saturated heterocycles. The molecule has 0 unspecified atom stereocenters. The van der Waals surface area contributed by atoms with Gasteiger partial charge in [0.2, 0.25) is 5.91 Å². The lowest BCUT2D eigenvalue weighted by atomic mass is 10.1. The van der Waals surface area contributed by atoms with Gasteiger partial charge in [-0.15, -0.1) is 11.3 Å². The van der Waals surface area contributed by atoms with Crippen LogP contribution in [0.2, 0.25) is 0 Å². The SMILES string of the molecule is COc1ccc(CCNC(=O)CNc2nccs2)cc1. The Bertz CT molecular complexity index is 526. The number of nitrogens with one attached hydrogen (secondary N) is 2. The number of aromatic nitrogens is 1. The minimum atomic E-state index is -0.0336. The summed E-state index contributed by atoms with van der Waals surface area (Å²) in [5, 5.41) is 8.46. The Labute approximate surface area is 122 Å². The molecule has 0 aliphatic rings. The van der Waals surface area contributed by atoms with E-state index in [-0.39, 0.29) is 12.5 Å². The van der Waals surface area contributed by atoms with Gasteiger partial charge in [-0.1, -0.05) is 12.1 Å². The molecule has 1 aromatic heterocycles. The number of carbonyl (C=O) groups excluding carboxylic acids is 1. The highest BCUT2D eigenvalue weighted by atomic mass is 32.1. The molecule has 2 N–H and O–H groups in total. The van der Waals surface area contributed by atoms with Crippen molar-refractivity contribution < 1.29 is 9.53 Å². The molecule has 0 spiro atoms. The van der Waals surface area contributed by atoms with Crippen LogP contribution in [0.15, 0.2) is 35.8 Å². The van der Waals surface area contributed by atoms with E-state index in [1.54, 1.807) is 13.3 Å². The number of hydrogen-bond donors (Lipinski definition) is 2. The molecule has 0 radical (unpaired) electrons. The zero-order chi connectivity index (χ0) is 14.2. The van der Waals surface area contributed by atoms with Crippen molar-refractivity contribution >= 4 is 22.4 Å². The third-order valence-corrected chi connectivity index (χ3v) is 3.46. The zero-order valence-corrected chi connectivity index (χ0v) is 12.1. The van der Waals surface area contributed by atoms with Gasteiger partial charge >= 0.3 is 0 Å². The van der Waals surface area contributed by atoms with Crippen LogP contribution in [0.5, 0.6) is 5.75 Å². The molecule has 0 fully saturated rings. The summed E-state index contributed by atoms with van der Waals surface area (Å²) in [4.78, 5) is 15.7. The van der Waals surface area contributed by atoms with Crippen molar-refractivity contribution in [3.63, 3.8) is 0 Å². The average molecular weight is 291 g/mol. The van der Waals surface area contributed by atoms with E-state index in [2.05, 4.69) is 15.6 Å². The maximum Gasteiger partial charge on any atom is 0.239 e. The minimum Gasteiger partial charge on any atom is -0.497 e. The third-order valence-electron chi connectivity index (χ3n) is 2.73. The van der Waals surface area contributed by atoms with Crippen LogP contribution < -0.4 is 15.4 Å². The number of benzene rings is 1. The van der Waals surface area contributed by atoms with Crippen molar-refractivity contribution in [3.05, 3.63) is 41.4 Å². The van der Waals surface area contributed by atoms with Gasteiger partial charge in [-0.3, -0.25) is 4.79 Å². The van der Waals surface area contributed by atoms with Crippen LogP contribution in [0.25, 0.3) is 0 Å². The van der Waals surface area contributed by atoms with Crippen molar-refractivity contribution in [2.45, 2.75) is 6.42 Å². The van der Waals surface area contributed by atoms with Gasteiger partial charge < -0.3 is 15.4 Å². The highest BCUT2D eigenvalue weighted by molar-refractivity contribution is 7.13. The van der Waals surface area contributed by atoms with Gasteiger partial charge in [0.1, 0.15) is 5.75 Å². The van der Waals surface area contributed by atoms with Gasteiger partial charge in [-0.2, -0.15) is 0 Å². The summed E-state index contributed by atoms with van der Waals surface area (Å²) in [6, 6.07) is 7.83. The Hall–Kier alpha value is -2.08. The fraction of sp³-hybridized carbons (Fsp3) is 0.286. The molecular formula is C14H17N3O2S. The summed E-state index contributed by atoms with van der Waals surface area (Å²) in [7, 11) is 1.64. The van der Waals surface area contributed by atoms with Crippen LogP contribution in [-0.4, -0.2) is 31.1 Å². The van der Waals surface area contributed by atoms with Crippen LogP contribution in [-0.2, 0) is 11.2 Å². The van der Waals surface area contributed by atoms with E-state index in [9.17, 15) is 4.79 Å². The summed E-state index contributed by atoms with van der Waals surface area (Å²) in [5.41, 5.74) is 1.17. The van der Waals surface area contributed by atoms with Gasteiger partial charge in [0, 0.05) is 18.1 Å². The molecule has 1 amide bonds. The Kier molecular flexibility index (Phi) is 5.37. The molecule has 5 nitrogen and oxygen atoms in total. The number of nitrogens with zero attached hydrogens (tertiary/aromatic N) is 1. The number of ether oxygens (including phenoxy) is 1. The topological polar surface area (TPSA) is 63.2 Å². The Morgan fingerprint density at radius 3 is 2.80 bits per heavy atom. The van der Waals surface area contributed by atoms with Gasteiger partial charge in [0.05, 0.1) is 13.7 Å². The van der Waals surface area contributed by atoms with E-state index in [4.69, 9.17) is 4.74 Å². The number of amides is 1. The maximum absolute atomic E-state index is 11.6. The second-order valence-electron chi connectivity index (χ2n) is 4.14. The largest absolute Gasteiger partial charge is 0.497 e. The summed E-state index contributed by atoms with van der Waals surface area (Å²) in [6.07, 6.45) is 2.50. The smallest absolute Gasteiger partial charge is 0.239 e. The van der Waals surface area contributed by atoms with Crippen LogP contribution in [0.4, 0.5) is 5.13 Å². The maximum atomic E-state index is 11.6. The monoisotopic (exact) mass is 291 g/mol. The highest BCUT2D eigenvalue weighted by Crippen LogP contribution is 2.11. The number of hydrogen-bond acceptors (Lipinski definition) is 5. The number of methoxy groups -OCH3 is 1. The molecule has 2 aromatic rings. The van der Waals surface area contributed by atoms with Gasteiger partial charge in [-0.25, -0.2) is 4.98 Å². The van der Waals surface area contributed by atoms with Crippen molar-refractivity contribution in [3.8, 4) is 5.75 Å². The zero-order valence-electron chi connectivity index (χ0n) is 11.3. The number of thiazole rings is 1. The quantitative estimate of drug-likeness (QED) is 0.818. The number of rotatable bonds is 7. The van der Waals surface area contributed by atoms with E-state index in [1.165, 1.54) is 16.9 Å². The standard InChI is InChI=1S/C14H17N3O2S/c1-19-12-4-2-11(3-5-12)6-7-15-13(18)10-17-14-16-8-9-20-14/h2-5,8-9H,6-7,10H2,1H3,(H,15,18)(H,16,17). The summed E-state index contributed by atoms with van der Waals surface area (Å²) >= 11 is 1.47. The van der Waals surface area contributed by atoms with Crippen LogP contribution in [0.3, 0.4) is 0 Å². The Morgan fingerprint density at radius 2 is 2.15 bits per heavy atom. The first-order valence-corrected chi connectivity index (χ1v) is 7.19. The van der Waals surface area contributed by atoms with E-state index >= 15 is 0 Å². The Morgan fingerprint density at radius 1 is 1.35 bits per heavy atom. The average Bonchev–Trinajstić information content (AvgIpc) is 2.99. The summed E-state index contributed by atoms with van der Waals surface area (Å²) in [5.74, 6) is 0.805. The van der Waals surface area contributed by atoms with E-state index in [0.29, 0.717) is 6.54 Å². The minimum absolute atomic E-state index is 0.0336. The lowest BCUT2D eigenvalue weighted by Crippen LogP contribution is -2.31. The molecule has 0 atom stereocenters. The molecule has 6 heteroatoms. The molecular weight excluding hydrogens is 274 g/mol. The normalized spacial score (nSPS) is 10.1. The molecule has 2 rings (SSSR count). The van der Waals surface area contributed by atoms with Crippen molar-refractivity contribution in [2.24, 2.45) is 0 Å². The van der Waals surface area contributed by atoms with Crippen LogP contribution in [0, 0.1) is 0 Å². The predicted molar refractivity (Wildman–Crippen MR) is 80.3 cm³/mol. The second kappa shape index (κ2) is 7.49. The van der Waals surface area contributed by atoms with Gasteiger partial charge in [0.15, 0.2) is 5.13 Å². The fourth-order valence-corrected chi connectivity index (χ4v) is 2.20. The lowest BCUT2D eigenvalue weighted by Gasteiger charge is -2.06. The van der Waals surface area contributed by atoms with Crippen molar-refractivity contribution in [2.75, 3.05) is 25.5 Å². The second-order valence-corrected chi connectivity index (χ2v) is 5.03. The molecule has 1 heterocycles. The molecule has 0 aliphatic carbocycles. The number of anilines is 1. The first-order valence-electron chi connectivity index (χ1n) is 6.31. The highest BCUT2D eigenvalue weighted by Gasteiger charge is 2.02. The molecule has 20 heavy (non-hydrogen) atoms. The predicted octanol–water partition coefficient (Wildman–Crippen LogP) is 1.92. The van der Waals surface area contributed by atoms with Crippen molar-refractivity contribution in [1.82, 2.24) is 10.3 Å². The molecule has 1 aromatic carbocycles. The van der Waals surface area contributed by atoms with Gasteiger partial charge in [-0.05, 0) is 24.1 Å². The lowest BCUT2D eigenvalue weighted by molar-refractivity contribution is -0.119. The van der Waals surface area contributed by atoms with Gasteiger partial charge in [0.25, 0.3) is 0 Å². The van der Waals surface area contributed by atoms with E-state index in [0.717, 1.165) is 17.3 Å². The molecule has 0 bridgehead atoms. The Balaban J connectivity index is 1.65. The summed E-state index contributed by atoms with van der Waals surface area (Å²) < 4.78 is 5.10. The summed E-state index contributed by atoms with van der Waals surface area (Å²) in [6.45, 7) is 0.862. The van der Waals surface area contributed by atoms with E-state index in [1.807, 2.05) is 29.6 Å². The van der Waals surface area contributed by atoms with Crippen LogP contribution in [0.1, 0.15) is 5.56 Å². The van der Waals surface area contributed by atoms with Crippen molar-refractivity contribution in [1.29, 1.82) is 0 Å².